The predicted molar refractivity (Wildman–Crippen MR) is 85.5 cm³/mol. The molecule has 2 aliphatic carbocycles. The maximum atomic E-state index is 12.2. The summed E-state index contributed by atoms with van der Waals surface area (Å²) in [5, 5.41) is 13.5. The second-order valence-electron chi connectivity index (χ2n) is 6.46. The van der Waals surface area contributed by atoms with Crippen LogP contribution in [0.5, 0.6) is 0 Å². The number of nitrogens with one attached hydrogen (secondary N) is 1. The summed E-state index contributed by atoms with van der Waals surface area (Å²) in [6.07, 6.45) is 5.69. The van der Waals surface area contributed by atoms with Gasteiger partial charge in [0.25, 0.3) is 0 Å². The van der Waals surface area contributed by atoms with Gasteiger partial charge in [-0.3, -0.25) is 4.79 Å². The summed E-state index contributed by atoms with van der Waals surface area (Å²) in [7, 11) is 0. The number of rotatable bonds is 5. The van der Waals surface area contributed by atoms with E-state index in [1.807, 2.05) is 0 Å². The molecule has 4 nitrogen and oxygen atoms in total. The Balaban J connectivity index is 1.73. The van der Waals surface area contributed by atoms with Gasteiger partial charge in [0.2, 0.25) is 0 Å². The molecule has 2 aliphatic rings. The highest BCUT2D eigenvalue weighted by Crippen LogP contribution is 2.41. The first-order valence-corrected chi connectivity index (χ1v) is 8.52. The normalized spacial score (nSPS) is 24.8. The van der Waals surface area contributed by atoms with Crippen LogP contribution in [0.15, 0.2) is 0 Å². The molecule has 3 N–H and O–H groups in total. The first-order valence-electron chi connectivity index (χ1n) is 7.70. The van der Waals surface area contributed by atoms with Crippen molar-refractivity contribution in [2.75, 3.05) is 17.6 Å². The summed E-state index contributed by atoms with van der Waals surface area (Å²) in [5.41, 5.74) is 6.84. The van der Waals surface area contributed by atoms with Crippen LogP contribution in [0.2, 0.25) is 0 Å². The van der Waals surface area contributed by atoms with Crippen molar-refractivity contribution in [3.8, 4) is 6.07 Å². The van der Waals surface area contributed by atoms with Crippen molar-refractivity contribution in [1.29, 1.82) is 5.26 Å². The number of carbonyl (C=O) groups excluding carboxylic acids is 1. The van der Waals surface area contributed by atoms with Crippen LogP contribution in [0, 0.1) is 29.1 Å². The van der Waals surface area contributed by atoms with Gasteiger partial charge in [0, 0.05) is 12.5 Å². The third-order valence-corrected chi connectivity index (χ3v) is 5.76. The Morgan fingerprint density at radius 1 is 1.43 bits per heavy atom. The second kappa shape index (κ2) is 5.69. The van der Waals surface area contributed by atoms with E-state index in [1.165, 1.54) is 30.6 Å². The molecule has 21 heavy (non-hydrogen) atoms. The van der Waals surface area contributed by atoms with E-state index in [2.05, 4.69) is 18.3 Å². The van der Waals surface area contributed by atoms with E-state index in [0.717, 1.165) is 30.3 Å². The van der Waals surface area contributed by atoms with E-state index in [1.54, 1.807) is 0 Å². The van der Waals surface area contributed by atoms with Gasteiger partial charge in [-0.25, -0.2) is 0 Å². The molecule has 0 aliphatic heterocycles. The van der Waals surface area contributed by atoms with E-state index in [0.29, 0.717) is 22.0 Å². The van der Waals surface area contributed by atoms with Crippen molar-refractivity contribution in [3.05, 3.63) is 10.4 Å². The first kappa shape index (κ1) is 14.4. The lowest BCUT2D eigenvalue weighted by molar-refractivity contribution is 0.0972. The zero-order valence-electron chi connectivity index (χ0n) is 12.3. The molecule has 2 saturated carbocycles. The molecule has 1 heterocycles. The zero-order chi connectivity index (χ0) is 15.0. The van der Waals surface area contributed by atoms with Crippen LogP contribution in [0.1, 0.15) is 54.3 Å². The lowest BCUT2D eigenvalue weighted by atomic mass is 10.1. The standard InChI is InChI=1S/C16H21N3OS/c1-9-2-3-10(6-9)8-19-16-12(7-17)13(18)15(21-16)14(20)11-4-5-11/h9-11,19H,2-6,8,18H2,1H3. The third kappa shape index (κ3) is 2.91. The lowest BCUT2D eigenvalue weighted by Crippen LogP contribution is -2.11. The van der Waals surface area contributed by atoms with Crippen LogP contribution in [0.3, 0.4) is 0 Å². The van der Waals surface area contributed by atoms with Crippen molar-refractivity contribution in [3.63, 3.8) is 0 Å². The number of thiophene rings is 1. The summed E-state index contributed by atoms with van der Waals surface area (Å²) in [6, 6.07) is 2.15. The summed E-state index contributed by atoms with van der Waals surface area (Å²) in [4.78, 5) is 12.8. The van der Waals surface area contributed by atoms with E-state index < -0.39 is 0 Å². The van der Waals surface area contributed by atoms with Crippen molar-refractivity contribution in [1.82, 2.24) is 0 Å². The van der Waals surface area contributed by atoms with Gasteiger partial charge in [0.05, 0.1) is 10.6 Å². The number of anilines is 2. The quantitative estimate of drug-likeness (QED) is 0.814. The number of nitrogens with zero attached hydrogens (tertiary/aromatic N) is 1. The van der Waals surface area contributed by atoms with Gasteiger partial charge >= 0.3 is 0 Å². The minimum absolute atomic E-state index is 0.122. The molecule has 112 valence electrons. The Morgan fingerprint density at radius 3 is 2.76 bits per heavy atom. The Bertz CT molecular complexity index is 597. The third-order valence-electron chi connectivity index (χ3n) is 4.58. The molecule has 2 unspecified atom stereocenters. The zero-order valence-corrected chi connectivity index (χ0v) is 13.1. The van der Waals surface area contributed by atoms with E-state index in [9.17, 15) is 10.1 Å². The van der Waals surface area contributed by atoms with Crippen LogP contribution in [-0.4, -0.2) is 12.3 Å². The Hall–Kier alpha value is -1.54. The number of hydrogen-bond acceptors (Lipinski definition) is 5. The Kier molecular flexibility index (Phi) is 3.90. The molecule has 0 radical (unpaired) electrons. The molecule has 1 aromatic heterocycles. The molecular formula is C16H21N3OS. The number of hydrogen-bond donors (Lipinski definition) is 2. The smallest absolute Gasteiger partial charge is 0.178 e. The summed E-state index contributed by atoms with van der Waals surface area (Å²) >= 11 is 1.36. The van der Waals surface area contributed by atoms with Crippen molar-refractivity contribution in [2.45, 2.75) is 39.0 Å². The summed E-state index contributed by atoms with van der Waals surface area (Å²) in [6.45, 7) is 3.16. The molecule has 0 bridgehead atoms. The average Bonchev–Trinajstić information content (AvgIpc) is 3.16. The van der Waals surface area contributed by atoms with Crippen LogP contribution in [0.25, 0.3) is 0 Å². The Labute approximate surface area is 129 Å². The van der Waals surface area contributed by atoms with E-state index >= 15 is 0 Å². The first-order chi connectivity index (χ1) is 10.1. The average molecular weight is 303 g/mol. The fourth-order valence-electron chi connectivity index (χ4n) is 3.14. The maximum Gasteiger partial charge on any atom is 0.178 e. The van der Waals surface area contributed by atoms with E-state index in [-0.39, 0.29) is 11.7 Å². The molecule has 2 fully saturated rings. The molecule has 3 rings (SSSR count). The van der Waals surface area contributed by atoms with Crippen LogP contribution in [0.4, 0.5) is 10.7 Å². The maximum absolute atomic E-state index is 12.2. The molecule has 0 amide bonds. The van der Waals surface area contributed by atoms with Crippen LogP contribution < -0.4 is 11.1 Å². The lowest BCUT2D eigenvalue weighted by Gasteiger charge is -2.11. The number of nitrogens with two attached hydrogens (primary N) is 1. The topological polar surface area (TPSA) is 78.9 Å². The number of ketones is 1. The molecule has 0 spiro atoms. The molecule has 0 saturated heterocycles. The number of Topliss-reactive ketones (excluding diaryl/α,β-unsaturated/α-hetero) is 1. The van der Waals surface area contributed by atoms with Gasteiger partial charge in [-0.05, 0) is 37.5 Å². The van der Waals surface area contributed by atoms with E-state index in [4.69, 9.17) is 5.73 Å². The summed E-state index contributed by atoms with van der Waals surface area (Å²) in [5.74, 6) is 1.72. The van der Waals surface area contributed by atoms with Gasteiger partial charge in [-0.15, -0.1) is 11.3 Å². The monoisotopic (exact) mass is 303 g/mol. The van der Waals surface area contributed by atoms with Gasteiger partial charge in [-0.1, -0.05) is 13.3 Å². The Morgan fingerprint density at radius 2 is 2.19 bits per heavy atom. The van der Waals surface area contributed by atoms with Gasteiger partial charge in [0.15, 0.2) is 5.78 Å². The number of carbonyl (C=O) groups is 1. The minimum Gasteiger partial charge on any atom is -0.396 e. The number of nitrogen functional groups attached to an aromatic ring is 1. The van der Waals surface area contributed by atoms with Gasteiger partial charge < -0.3 is 11.1 Å². The molecule has 5 heteroatoms. The fraction of sp³-hybridized carbons (Fsp3) is 0.625. The minimum atomic E-state index is 0.122. The van der Waals surface area contributed by atoms with Crippen LogP contribution in [-0.2, 0) is 0 Å². The van der Waals surface area contributed by atoms with Crippen LogP contribution >= 0.6 is 11.3 Å². The van der Waals surface area contributed by atoms with Gasteiger partial charge in [-0.2, -0.15) is 5.26 Å². The van der Waals surface area contributed by atoms with Crippen molar-refractivity contribution >= 4 is 27.8 Å². The molecular weight excluding hydrogens is 282 g/mol. The SMILES string of the molecule is CC1CCC(CNc2sc(C(=O)C3CC3)c(N)c2C#N)C1. The molecule has 0 aromatic carbocycles. The highest BCUT2D eigenvalue weighted by Gasteiger charge is 2.34. The predicted octanol–water partition coefficient (Wildman–Crippen LogP) is 3.64. The number of nitriles is 1. The summed E-state index contributed by atoms with van der Waals surface area (Å²) < 4.78 is 0. The highest BCUT2D eigenvalue weighted by atomic mass is 32.1. The molecule has 1 aromatic rings. The fourth-order valence-corrected chi connectivity index (χ4v) is 4.24. The highest BCUT2D eigenvalue weighted by molar-refractivity contribution is 7.19. The van der Waals surface area contributed by atoms with Crippen molar-refractivity contribution in [2.24, 2.45) is 17.8 Å². The molecule has 2 atom stereocenters. The van der Waals surface area contributed by atoms with Gasteiger partial charge in [0.1, 0.15) is 16.6 Å². The van der Waals surface area contributed by atoms with Crippen molar-refractivity contribution < 1.29 is 4.79 Å². The second-order valence-corrected chi connectivity index (χ2v) is 7.49. The largest absolute Gasteiger partial charge is 0.396 e.